The third-order valence-electron chi connectivity index (χ3n) is 2.69. The lowest BCUT2D eigenvalue weighted by Gasteiger charge is -2.07. The molecule has 1 aromatic carbocycles. The van der Waals surface area contributed by atoms with E-state index in [0.29, 0.717) is 17.1 Å². The molecule has 2 rings (SSSR count). The van der Waals surface area contributed by atoms with Crippen molar-refractivity contribution in [2.45, 2.75) is 0 Å². The Labute approximate surface area is 130 Å². The number of halogens is 1. The average Bonchev–Trinajstić information content (AvgIpc) is 2.89. The highest BCUT2D eigenvalue weighted by Crippen LogP contribution is 2.26. The lowest BCUT2D eigenvalue weighted by Crippen LogP contribution is -1.99. The maximum atomic E-state index is 12.2. The van der Waals surface area contributed by atoms with Crippen molar-refractivity contribution in [2.24, 2.45) is 0 Å². The van der Waals surface area contributed by atoms with Crippen LogP contribution in [0.3, 0.4) is 0 Å². The van der Waals surface area contributed by atoms with Gasteiger partial charge >= 0.3 is 0 Å². The van der Waals surface area contributed by atoms with Crippen molar-refractivity contribution in [1.29, 1.82) is 0 Å². The molecule has 0 N–H and O–H groups in total. The first kappa shape index (κ1) is 14.8. The molecule has 0 aliphatic rings. The molecule has 0 spiro atoms. The summed E-state index contributed by atoms with van der Waals surface area (Å²) in [4.78, 5) is 12.2. The average molecular weight is 353 g/mol. The number of ether oxygens (including phenoxy) is 2. The van der Waals surface area contributed by atoms with Crippen LogP contribution in [0.4, 0.5) is 0 Å². The van der Waals surface area contributed by atoms with E-state index in [1.165, 1.54) is 7.11 Å². The number of hydrogen-bond donors (Lipinski definition) is 0. The second-order valence-electron chi connectivity index (χ2n) is 3.95. The quantitative estimate of drug-likeness (QED) is 0.590. The normalized spacial score (nSPS) is 10.8. The Balaban J connectivity index is 2.22. The van der Waals surface area contributed by atoms with Crippen LogP contribution in [0.25, 0.3) is 6.08 Å². The predicted molar refractivity (Wildman–Crippen MR) is 84.9 cm³/mol. The first-order chi connectivity index (χ1) is 9.63. The van der Waals surface area contributed by atoms with Gasteiger partial charge in [-0.15, -0.1) is 11.3 Å². The maximum Gasteiger partial charge on any atom is 0.189 e. The SMILES string of the molecule is COc1ccc(C(=O)/C=C/c2csc(Br)c2)c(OC)c1. The summed E-state index contributed by atoms with van der Waals surface area (Å²) in [5, 5.41) is 1.97. The van der Waals surface area contributed by atoms with Crippen LogP contribution in [0.2, 0.25) is 0 Å². The first-order valence-corrected chi connectivity index (χ1v) is 7.50. The van der Waals surface area contributed by atoms with E-state index in [1.807, 2.05) is 11.4 Å². The number of hydrogen-bond acceptors (Lipinski definition) is 4. The van der Waals surface area contributed by atoms with Gasteiger partial charge in [0.25, 0.3) is 0 Å². The number of allylic oxidation sites excluding steroid dienone is 1. The number of rotatable bonds is 5. The van der Waals surface area contributed by atoms with Crippen molar-refractivity contribution in [3.8, 4) is 11.5 Å². The Morgan fingerprint density at radius 2 is 2.05 bits per heavy atom. The van der Waals surface area contributed by atoms with Crippen molar-refractivity contribution in [3.05, 3.63) is 50.6 Å². The van der Waals surface area contributed by atoms with Gasteiger partial charge in [-0.1, -0.05) is 6.08 Å². The molecule has 20 heavy (non-hydrogen) atoms. The number of ketones is 1. The van der Waals surface area contributed by atoms with E-state index in [4.69, 9.17) is 9.47 Å². The Morgan fingerprint density at radius 1 is 1.25 bits per heavy atom. The monoisotopic (exact) mass is 352 g/mol. The van der Waals surface area contributed by atoms with Gasteiger partial charge in [0, 0.05) is 6.07 Å². The second-order valence-corrected chi connectivity index (χ2v) is 6.24. The van der Waals surface area contributed by atoms with Crippen molar-refractivity contribution in [2.75, 3.05) is 14.2 Å². The minimum Gasteiger partial charge on any atom is -0.497 e. The molecule has 0 aliphatic heterocycles. The van der Waals surface area contributed by atoms with Crippen LogP contribution < -0.4 is 9.47 Å². The van der Waals surface area contributed by atoms with Crippen molar-refractivity contribution in [3.63, 3.8) is 0 Å². The highest BCUT2D eigenvalue weighted by molar-refractivity contribution is 9.11. The summed E-state index contributed by atoms with van der Waals surface area (Å²) in [6, 6.07) is 7.10. The summed E-state index contributed by atoms with van der Waals surface area (Å²) in [5.74, 6) is 1.06. The van der Waals surface area contributed by atoms with Gasteiger partial charge in [-0.2, -0.15) is 0 Å². The lowest BCUT2D eigenvalue weighted by molar-refractivity contribution is 0.104. The zero-order valence-electron chi connectivity index (χ0n) is 11.1. The van der Waals surface area contributed by atoms with Crippen LogP contribution in [0.5, 0.6) is 11.5 Å². The Kier molecular flexibility index (Phi) is 4.98. The van der Waals surface area contributed by atoms with Gasteiger partial charge in [-0.3, -0.25) is 4.79 Å². The van der Waals surface area contributed by atoms with Gasteiger partial charge in [0.15, 0.2) is 5.78 Å². The molecule has 104 valence electrons. The highest BCUT2D eigenvalue weighted by Gasteiger charge is 2.10. The summed E-state index contributed by atoms with van der Waals surface area (Å²) in [6.07, 6.45) is 3.33. The van der Waals surface area contributed by atoms with Crippen LogP contribution in [0, 0.1) is 0 Å². The number of carbonyl (C=O) groups excluding carboxylic acids is 1. The molecule has 0 fully saturated rings. The van der Waals surface area contributed by atoms with Crippen molar-refractivity contribution < 1.29 is 14.3 Å². The van der Waals surface area contributed by atoms with Crippen LogP contribution >= 0.6 is 27.3 Å². The van der Waals surface area contributed by atoms with Crippen LogP contribution in [0.15, 0.2) is 39.5 Å². The summed E-state index contributed by atoms with van der Waals surface area (Å²) in [7, 11) is 3.11. The molecule has 0 bridgehead atoms. The summed E-state index contributed by atoms with van der Waals surface area (Å²) in [6.45, 7) is 0. The van der Waals surface area contributed by atoms with E-state index < -0.39 is 0 Å². The van der Waals surface area contributed by atoms with E-state index >= 15 is 0 Å². The zero-order chi connectivity index (χ0) is 14.5. The lowest BCUT2D eigenvalue weighted by atomic mass is 10.1. The predicted octanol–water partition coefficient (Wildman–Crippen LogP) is 4.42. The van der Waals surface area contributed by atoms with Crippen molar-refractivity contribution in [1.82, 2.24) is 0 Å². The van der Waals surface area contributed by atoms with E-state index in [1.54, 1.807) is 48.8 Å². The molecule has 0 saturated heterocycles. The number of thiophene rings is 1. The fourth-order valence-corrected chi connectivity index (χ4v) is 2.82. The number of benzene rings is 1. The third kappa shape index (κ3) is 3.49. The minimum atomic E-state index is -0.105. The fraction of sp³-hybridized carbons (Fsp3) is 0.133. The largest absolute Gasteiger partial charge is 0.497 e. The Hall–Kier alpha value is -1.59. The van der Waals surface area contributed by atoms with Crippen molar-refractivity contribution >= 4 is 39.1 Å². The Bertz CT molecular complexity index is 646. The molecule has 0 radical (unpaired) electrons. The summed E-state index contributed by atoms with van der Waals surface area (Å²) in [5.41, 5.74) is 1.50. The smallest absolute Gasteiger partial charge is 0.189 e. The highest BCUT2D eigenvalue weighted by atomic mass is 79.9. The first-order valence-electron chi connectivity index (χ1n) is 5.82. The molecule has 0 amide bonds. The van der Waals surface area contributed by atoms with Gasteiger partial charge in [0.2, 0.25) is 0 Å². The van der Waals surface area contributed by atoms with Crippen LogP contribution in [-0.2, 0) is 0 Å². The minimum absolute atomic E-state index is 0.105. The molecule has 0 atom stereocenters. The molecule has 0 aliphatic carbocycles. The summed E-state index contributed by atoms with van der Waals surface area (Å²) < 4.78 is 11.4. The molecular formula is C15H13BrO3S. The standard InChI is InChI=1S/C15H13BrO3S/c1-18-11-4-5-12(14(8-11)19-2)13(17)6-3-10-7-15(16)20-9-10/h3-9H,1-2H3/b6-3+. The van der Waals surface area contributed by atoms with Crippen LogP contribution in [0.1, 0.15) is 15.9 Å². The molecule has 2 aromatic rings. The molecule has 1 aromatic heterocycles. The number of methoxy groups -OCH3 is 2. The topological polar surface area (TPSA) is 35.5 Å². The van der Waals surface area contributed by atoms with E-state index in [0.717, 1.165) is 9.35 Å². The summed E-state index contributed by atoms with van der Waals surface area (Å²) >= 11 is 4.97. The second kappa shape index (κ2) is 6.72. The number of carbonyl (C=O) groups is 1. The van der Waals surface area contributed by atoms with Gasteiger partial charge in [0.1, 0.15) is 11.5 Å². The van der Waals surface area contributed by atoms with E-state index in [2.05, 4.69) is 15.9 Å². The van der Waals surface area contributed by atoms with E-state index in [9.17, 15) is 4.79 Å². The van der Waals surface area contributed by atoms with Gasteiger partial charge in [0.05, 0.1) is 23.6 Å². The molecule has 1 heterocycles. The molecule has 5 heteroatoms. The Morgan fingerprint density at radius 3 is 2.65 bits per heavy atom. The van der Waals surface area contributed by atoms with Gasteiger partial charge < -0.3 is 9.47 Å². The maximum absolute atomic E-state index is 12.2. The zero-order valence-corrected chi connectivity index (χ0v) is 13.5. The molecule has 0 saturated carbocycles. The third-order valence-corrected chi connectivity index (χ3v) is 4.21. The van der Waals surface area contributed by atoms with Gasteiger partial charge in [-0.05, 0) is 51.1 Å². The molecule has 0 unspecified atom stereocenters. The molecular weight excluding hydrogens is 340 g/mol. The van der Waals surface area contributed by atoms with Crippen LogP contribution in [-0.4, -0.2) is 20.0 Å². The van der Waals surface area contributed by atoms with E-state index in [-0.39, 0.29) is 5.78 Å². The molecule has 3 nitrogen and oxygen atoms in total. The fourth-order valence-electron chi connectivity index (χ4n) is 1.67. The van der Waals surface area contributed by atoms with Gasteiger partial charge in [-0.25, -0.2) is 0 Å².